The number of amides is 1. The van der Waals surface area contributed by atoms with Crippen LogP contribution in [-0.4, -0.2) is 50.6 Å². The molecule has 0 saturated heterocycles. The van der Waals surface area contributed by atoms with E-state index in [0.717, 1.165) is 24.9 Å². The number of unbranched alkanes of at least 4 members (excludes halogenated alkanes) is 1. The molecular weight excluding hydrogens is 572 g/mol. The van der Waals surface area contributed by atoms with E-state index in [4.69, 9.17) is 4.74 Å². The van der Waals surface area contributed by atoms with Crippen LogP contribution in [0.4, 0.5) is 11.4 Å². The standard InChI is InChI=1S/C32H38N2O6S2/c1-4-6-17-32(5-2)21-34(24-15-11-8-12-16-24)25-18-27(41-3)26(19-28(25)42(38,39)22-32)40-20-29(35)33-30(31(36)37)23-13-9-7-10-14-23/h7-16,18-19,30H,4-6,17,20-22H2,1-3H3,(H,33,35)(H,36,37)/t30-,32?/m1/s1. The number of thioether (sulfide) groups is 1. The lowest BCUT2D eigenvalue weighted by atomic mass is 9.81. The topological polar surface area (TPSA) is 113 Å². The molecule has 4 rings (SSSR count). The molecule has 3 aromatic carbocycles. The van der Waals surface area contributed by atoms with E-state index in [0.29, 0.717) is 29.1 Å². The van der Waals surface area contributed by atoms with Crippen molar-refractivity contribution in [2.75, 3.05) is 30.1 Å². The number of hydrogen-bond acceptors (Lipinski definition) is 7. The number of aliphatic carboxylic acids is 1. The third-order valence-corrected chi connectivity index (χ3v) is 10.5. The summed E-state index contributed by atoms with van der Waals surface area (Å²) in [4.78, 5) is 27.6. The first kappa shape index (κ1) is 31.4. The number of benzene rings is 3. The zero-order valence-corrected chi connectivity index (χ0v) is 25.8. The minimum atomic E-state index is -3.73. The maximum atomic E-state index is 14.0. The van der Waals surface area contributed by atoms with Gasteiger partial charge in [0.15, 0.2) is 22.5 Å². The fraction of sp³-hybridized carbons (Fsp3) is 0.375. The van der Waals surface area contributed by atoms with Crippen LogP contribution in [0.5, 0.6) is 5.75 Å². The number of nitrogens with zero attached hydrogens (tertiary/aromatic N) is 1. The minimum Gasteiger partial charge on any atom is -0.483 e. The predicted octanol–water partition coefficient (Wildman–Crippen LogP) is 6.24. The summed E-state index contributed by atoms with van der Waals surface area (Å²) < 4.78 is 34.0. The molecule has 224 valence electrons. The number of fused-ring (bicyclic) bond motifs is 1. The Labute approximate surface area is 252 Å². The normalized spacial score (nSPS) is 18.4. The summed E-state index contributed by atoms with van der Waals surface area (Å²) in [7, 11) is -3.73. The average Bonchev–Trinajstić information content (AvgIpc) is 3.09. The second-order valence-corrected chi connectivity index (χ2v) is 13.5. The lowest BCUT2D eigenvalue weighted by Gasteiger charge is -2.36. The fourth-order valence-corrected chi connectivity index (χ4v) is 8.15. The van der Waals surface area contributed by atoms with Crippen LogP contribution >= 0.6 is 11.8 Å². The smallest absolute Gasteiger partial charge is 0.330 e. The van der Waals surface area contributed by atoms with E-state index in [1.165, 1.54) is 17.8 Å². The zero-order chi connectivity index (χ0) is 30.3. The van der Waals surface area contributed by atoms with Gasteiger partial charge in [0.25, 0.3) is 5.91 Å². The van der Waals surface area contributed by atoms with Crippen LogP contribution in [0.3, 0.4) is 0 Å². The molecule has 0 radical (unpaired) electrons. The van der Waals surface area contributed by atoms with Crippen molar-refractivity contribution in [3.8, 4) is 5.75 Å². The Kier molecular flexibility index (Phi) is 10.2. The van der Waals surface area contributed by atoms with E-state index in [1.54, 1.807) is 30.3 Å². The van der Waals surface area contributed by atoms with E-state index >= 15 is 0 Å². The number of ether oxygens (including phenoxy) is 1. The Morgan fingerprint density at radius 2 is 1.74 bits per heavy atom. The minimum absolute atomic E-state index is 0.0166. The average molecular weight is 611 g/mol. The molecule has 8 nitrogen and oxygen atoms in total. The van der Waals surface area contributed by atoms with Gasteiger partial charge >= 0.3 is 5.97 Å². The van der Waals surface area contributed by atoms with Gasteiger partial charge in [-0.1, -0.05) is 75.2 Å². The van der Waals surface area contributed by atoms with Crippen molar-refractivity contribution >= 4 is 44.9 Å². The lowest BCUT2D eigenvalue weighted by molar-refractivity contribution is -0.142. The SMILES string of the molecule is CCCCC1(CC)CN(c2ccccc2)c2cc(SC)c(OCC(=O)N[C@@H](C(=O)O)c3ccccc3)cc2S(=O)(=O)C1. The fourth-order valence-electron chi connectivity index (χ4n) is 5.42. The summed E-state index contributed by atoms with van der Waals surface area (Å²) in [5.41, 5.74) is 1.49. The molecular formula is C32H38N2O6S2. The molecule has 42 heavy (non-hydrogen) atoms. The first-order chi connectivity index (χ1) is 20.1. The highest BCUT2D eigenvalue weighted by atomic mass is 32.2. The zero-order valence-electron chi connectivity index (χ0n) is 24.2. The van der Waals surface area contributed by atoms with Gasteiger partial charge < -0.3 is 20.1 Å². The number of rotatable bonds is 12. The number of sulfone groups is 1. The molecule has 0 aromatic heterocycles. The van der Waals surface area contributed by atoms with E-state index in [-0.39, 0.29) is 16.4 Å². The van der Waals surface area contributed by atoms with Gasteiger partial charge in [-0.15, -0.1) is 11.8 Å². The molecule has 1 unspecified atom stereocenters. The Morgan fingerprint density at radius 1 is 1.07 bits per heavy atom. The number of nitrogens with one attached hydrogen (secondary N) is 1. The van der Waals surface area contributed by atoms with Gasteiger partial charge in [0.1, 0.15) is 5.75 Å². The van der Waals surface area contributed by atoms with Crippen LogP contribution in [-0.2, 0) is 19.4 Å². The number of hydrogen-bond donors (Lipinski definition) is 2. The molecule has 2 atom stereocenters. The highest BCUT2D eigenvalue weighted by Crippen LogP contribution is 2.47. The van der Waals surface area contributed by atoms with Crippen molar-refractivity contribution in [1.29, 1.82) is 0 Å². The van der Waals surface area contributed by atoms with Crippen molar-refractivity contribution in [3.05, 3.63) is 78.4 Å². The van der Waals surface area contributed by atoms with Crippen molar-refractivity contribution in [3.63, 3.8) is 0 Å². The molecule has 0 fully saturated rings. The lowest BCUT2D eigenvalue weighted by Crippen LogP contribution is -2.37. The molecule has 0 spiro atoms. The Morgan fingerprint density at radius 3 is 2.33 bits per heavy atom. The maximum Gasteiger partial charge on any atom is 0.330 e. The van der Waals surface area contributed by atoms with Gasteiger partial charge in [0.2, 0.25) is 0 Å². The van der Waals surface area contributed by atoms with Crippen LogP contribution in [0.2, 0.25) is 0 Å². The van der Waals surface area contributed by atoms with Gasteiger partial charge in [-0.25, -0.2) is 13.2 Å². The van der Waals surface area contributed by atoms with E-state index < -0.39 is 39.8 Å². The number of carboxylic acids is 1. The summed E-state index contributed by atoms with van der Waals surface area (Å²) in [6.07, 6.45) is 5.28. The second-order valence-electron chi connectivity index (χ2n) is 10.6. The van der Waals surface area contributed by atoms with E-state index in [1.807, 2.05) is 42.7 Å². The summed E-state index contributed by atoms with van der Waals surface area (Å²) in [5, 5.41) is 12.2. The summed E-state index contributed by atoms with van der Waals surface area (Å²) in [6, 6.07) is 20.3. The van der Waals surface area contributed by atoms with Crippen LogP contribution in [0.1, 0.15) is 51.1 Å². The molecule has 2 N–H and O–H groups in total. The highest BCUT2D eigenvalue weighted by molar-refractivity contribution is 7.98. The van der Waals surface area contributed by atoms with Crippen molar-refractivity contribution in [2.24, 2.45) is 5.41 Å². The molecule has 1 aliphatic heterocycles. The van der Waals surface area contributed by atoms with Crippen molar-refractivity contribution < 1.29 is 27.9 Å². The van der Waals surface area contributed by atoms with Crippen molar-refractivity contribution in [2.45, 2.75) is 55.4 Å². The van der Waals surface area contributed by atoms with Crippen LogP contribution < -0.4 is 15.0 Å². The second kappa shape index (κ2) is 13.6. The van der Waals surface area contributed by atoms with Crippen LogP contribution in [0.25, 0.3) is 0 Å². The predicted molar refractivity (Wildman–Crippen MR) is 166 cm³/mol. The number of para-hydroxylation sites is 1. The number of anilines is 2. The van der Waals surface area contributed by atoms with Crippen LogP contribution in [0, 0.1) is 5.41 Å². The van der Waals surface area contributed by atoms with Gasteiger partial charge in [-0.3, -0.25) is 4.79 Å². The Bertz CT molecular complexity index is 1500. The number of carbonyl (C=O) groups excluding carboxylic acids is 1. The van der Waals surface area contributed by atoms with Crippen molar-refractivity contribution in [1.82, 2.24) is 5.32 Å². The van der Waals surface area contributed by atoms with Gasteiger partial charge in [-0.05, 0) is 42.9 Å². The third-order valence-electron chi connectivity index (χ3n) is 7.78. The largest absolute Gasteiger partial charge is 0.483 e. The number of carboxylic acid groups (broad SMARTS) is 1. The quantitative estimate of drug-likeness (QED) is 0.232. The maximum absolute atomic E-state index is 14.0. The first-order valence-electron chi connectivity index (χ1n) is 14.1. The molecule has 1 heterocycles. The van der Waals surface area contributed by atoms with Gasteiger partial charge in [-0.2, -0.15) is 0 Å². The summed E-state index contributed by atoms with van der Waals surface area (Å²) in [5.74, 6) is -1.55. The molecule has 1 aliphatic rings. The Hall–Kier alpha value is -3.50. The third kappa shape index (κ3) is 7.10. The molecule has 0 bridgehead atoms. The summed E-state index contributed by atoms with van der Waals surface area (Å²) in [6.45, 7) is 4.26. The first-order valence-corrected chi connectivity index (χ1v) is 17.0. The molecule has 10 heteroatoms. The monoisotopic (exact) mass is 610 g/mol. The van der Waals surface area contributed by atoms with Gasteiger partial charge in [0, 0.05) is 23.7 Å². The molecule has 3 aromatic rings. The van der Waals surface area contributed by atoms with Crippen LogP contribution in [0.15, 0.2) is 82.6 Å². The van der Waals surface area contributed by atoms with E-state index in [2.05, 4.69) is 24.1 Å². The molecule has 0 aliphatic carbocycles. The number of carbonyl (C=O) groups is 2. The molecule has 0 saturated carbocycles. The Balaban J connectivity index is 1.70. The highest BCUT2D eigenvalue weighted by Gasteiger charge is 2.42. The van der Waals surface area contributed by atoms with Gasteiger partial charge in [0.05, 0.1) is 21.2 Å². The molecule has 1 amide bonds. The summed E-state index contributed by atoms with van der Waals surface area (Å²) >= 11 is 1.39. The van der Waals surface area contributed by atoms with E-state index in [9.17, 15) is 23.1 Å².